The van der Waals surface area contributed by atoms with Crippen LogP contribution < -0.4 is 0 Å². The molecule has 0 spiro atoms. The van der Waals surface area contributed by atoms with Crippen LogP contribution in [0.3, 0.4) is 0 Å². The number of benzene rings is 1. The number of aliphatic carboxylic acids is 1. The maximum absolute atomic E-state index is 14.5. The second kappa shape index (κ2) is 11.4. The lowest BCUT2D eigenvalue weighted by molar-refractivity contribution is -0.147. The number of rotatable bonds is 8. The number of carbonyl (C=O) groups excluding carboxylic acids is 2. The van der Waals surface area contributed by atoms with Crippen LogP contribution in [0.4, 0.5) is 13.2 Å². The number of carboxylic acid groups (broad SMARTS) is 1. The molecule has 1 amide bonds. The fraction of sp³-hybridized carbons (Fsp3) is 0.393. The summed E-state index contributed by atoms with van der Waals surface area (Å²) in [5.74, 6) is -3.41. The number of hydrogen-bond donors (Lipinski definition) is 1. The molecule has 5 rings (SSSR count). The van der Waals surface area contributed by atoms with Crippen LogP contribution in [0.25, 0.3) is 0 Å². The summed E-state index contributed by atoms with van der Waals surface area (Å²) in [6, 6.07) is 7.94. The second-order valence-electron chi connectivity index (χ2n) is 10.3. The van der Waals surface area contributed by atoms with E-state index in [0.717, 1.165) is 21.3 Å². The molecule has 2 atom stereocenters. The van der Waals surface area contributed by atoms with Gasteiger partial charge in [-0.3, -0.25) is 24.0 Å². The number of amides is 1. The molecule has 1 N–H and O–H groups in total. The number of halogens is 5. The summed E-state index contributed by atoms with van der Waals surface area (Å²) in [7, 11) is 0. The number of Topliss-reactive ketones (excluding diaryl/α,β-unsaturated/α-hetero) is 1. The predicted octanol–water partition coefficient (Wildman–Crippen LogP) is 6.30. The fourth-order valence-electron chi connectivity index (χ4n) is 5.64. The van der Waals surface area contributed by atoms with E-state index < -0.39 is 59.6 Å². The van der Waals surface area contributed by atoms with Gasteiger partial charge in [-0.05, 0) is 37.7 Å². The summed E-state index contributed by atoms with van der Waals surface area (Å²) >= 11 is 12.3. The third kappa shape index (κ3) is 5.97. The Labute approximate surface area is 243 Å². The van der Waals surface area contributed by atoms with E-state index in [1.807, 2.05) is 30.3 Å². The first-order valence-electron chi connectivity index (χ1n) is 13.0. The number of ketones is 1. The molecule has 0 aliphatic heterocycles. The largest absolute Gasteiger partial charge is 0.481 e. The van der Waals surface area contributed by atoms with Crippen LogP contribution in [0.1, 0.15) is 76.0 Å². The van der Waals surface area contributed by atoms with Gasteiger partial charge in [-0.15, -0.1) is 0 Å². The summed E-state index contributed by atoms with van der Waals surface area (Å²) in [6.07, 6.45) is -0.382. The molecule has 1 aromatic carbocycles. The molecule has 8 nitrogen and oxygen atoms in total. The Kier molecular flexibility index (Phi) is 8.11. The highest BCUT2D eigenvalue weighted by atomic mass is 35.5. The Balaban J connectivity index is 1.49. The molecule has 0 saturated heterocycles. The molecule has 2 fully saturated rings. The van der Waals surface area contributed by atoms with Gasteiger partial charge in [-0.25, -0.2) is 0 Å². The van der Waals surface area contributed by atoms with E-state index in [2.05, 4.69) is 10.1 Å². The lowest BCUT2D eigenvalue weighted by atomic mass is 9.86. The topological polar surface area (TPSA) is 105 Å². The highest BCUT2D eigenvalue weighted by Crippen LogP contribution is 2.46. The first kappa shape index (κ1) is 29.1. The Hall–Kier alpha value is -3.44. The Morgan fingerprint density at radius 3 is 2.22 bits per heavy atom. The van der Waals surface area contributed by atoms with Crippen LogP contribution in [0.15, 0.2) is 48.9 Å². The van der Waals surface area contributed by atoms with Crippen molar-refractivity contribution in [1.82, 2.24) is 19.7 Å². The molecular formula is C28H25Cl2F3N4O4. The molecule has 0 bridgehead atoms. The summed E-state index contributed by atoms with van der Waals surface area (Å²) in [5, 5.41) is 13.2. The Morgan fingerprint density at radius 1 is 1.00 bits per heavy atom. The van der Waals surface area contributed by atoms with Crippen molar-refractivity contribution in [3.8, 4) is 0 Å². The molecule has 2 heterocycles. The molecule has 0 radical (unpaired) electrons. The van der Waals surface area contributed by atoms with E-state index >= 15 is 0 Å². The van der Waals surface area contributed by atoms with Gasteiger partial charge in [-0.2, -0.15) is 18.3 Å². The van der Waals surface area contributed by atoms with E-state index in [4.69, 9.17) is 23.2 Å². The number of nitrogens with zero attached hydrogens (tertiary/aromatic N) is 4. The molecule has 2 saturated carbocycles. The maximum atomic E-state index is 14.5. The molecule has 3 aromatic rings. The minimum Gasteiger partial charge on any atom is -0.481 e. The zero-order valence-electron chi connectivity index (χ0n) is 21.5. The number of alkyl halides is 3. The standard InChI is InChI=1S/C28H25Cl2F3N4O4/c29-20-12-34-13-21(30)24(20)23(38)14-36(22-10-18(22)15-4-2-1-3-5-15)26(39)19-11-35-37(25(19)28(31,32)33)17-8-6-16(7-9-17)27(40)41/h1-5,11-13,16-18,22H,6-10,14H2,(H,40,41)/t16?,17?,18-,22+/m1/s1. The van der Waals surface area contributed by atoms with Gasteiger partial charge < -0.3 is 10.0 Å². The SMILES string of the molecule is O=C(CN(C(=O)c1cnn(C2CCC(C(=O)O)CC2)c1C(F)(F)F)[C@H]1C[C@@H]1c1ccccc1)c1c(Cl)cncc1Cl. The van der Waals surface area contributed by atoms with Crippen molar-refractivity contribution in [2.75, 3.05) is 6.54 Å². The van der Waals surface area contributed by atoms with E-state index in [9.17, 15) is 32.7 Å². The smallest absolute Gasteiger partial charge is 0.433 e. The zero-order valence-corrected chi connectivity index (χ0v) is 23.0. The minimum atomic E-state index is -4.93. The van der Waals surface area contributed by atoms with Crippen LogP contribution >= 0.6 is 23.2 Å². The van der Waals surface area contributed by atoms with Gasteiger partial charge in [0.1, 0.15) is 0 Å². The molecule has 41 heavy (non-hydrogen) atoms. The number of pyridine rings is 1. The van der Waals surface area contributed by atoms with Gasteiger partial charge in [0.05, 0.1) is 45.9 Å². The summed E-state index contributed by atoms with van der Waals surface area (Å²) in [6.45, 7) is -0.553. The van der Waals surface area contributed by atoms with Crippen molar-refractivity contribution < 1.29 is 32.7 Å². The predicted molar refractivity (Wildman–Crippen MR) is 143 cm³/mol. The summed E-state index contributed by atoms with van der Waals surface area (Å²) < 4.78 is 44.2. The third-order valence-corrected chi connectivity index (χ3v) is 8.35. The number of carboxylic acids is 1. The summed E-state index contributed by atoms with van der Waals surface area (Å²) in [5.41, 5.74) is -1.06. The highest BCUT2D eigenvalue weighted by molar-refractivity contribution is 6.39. The van der Waals surface area contributed by atoms with Gasteiger partial charge >= 0.3 is 12.1 Å². The van der Waals surface area contributed by atoms with Gasteiger partial charge in [0.25, 0.3) is 5.91 Å². The van der Waals surface area contributed by atoms with Crippen LogP contribution in [0, 0.1) is 5.92 Å². The monoisotopic (exact) mass is 608 g/mol. The zero-order chi connectivity index (χ0) is 29.5. The lowest BCUT2D eigenvalue weighted by Gasteiger charge is -2.28. The molecular weight excluding hydrogens is 584 g/mol. The van der Waals surface area contributed by atoms with E-state index in [1.165, 1.54) is 12.4 Å². The normalized spacial score (nSPS) is 22.3. The van der Waals surface area contributed by atoms with Crippen LogP contribution in [-0.4, -0.2) is 55.0 Å². The summed E-state index contributed by atoms with van der Waals surface area (Å²) in [4.78, 5) is 43.5. The van der Waals surface area contributed by atoms with Gasteiger partial charge in [0, 0.05) is 24.4 Å². The molecule has 2 aliphatic rings. The van der Waals surface area contributed by atoms with Crippen LogP contribution in [-0.2, 0) is 11.0 Å². The van der Waals surface area contributed by atoms with E-state index in [0.29, 0.717) is 6.42 Å². The molecule has 2 aromatic heterocycles. The van der Waals surface area contributed by atoms with Crippen molar-refractivity contribution in [1.29, 1.82) is 0 Å². The van der Waals surface area contributed by atoms with Gasteiger partial charge in [-0.1, -0.05) is 53.5 Å². The highest BCUT2D eigenvalue weighted by Gasteiger charge is 2.49. The molecule has 216 valence electrons. The van der Waals surface area contributed by atoms with Crippen molar-refractivity contribution in [3.63, 3.8) is 0 Å². The van der Waals surface area contributed by atoms with E-state index in [1.54, 1.807) is 0 Å². The van der Waals surface area contributed by atoms with Crippen molar-refractivity contribution >= 4 is 40.9 Å². The maximum Gasteiger partial charge on any atom is 0.433 e. The number of carbonyl (C=O) groups is 3. The third-order valence-electron chi connectivity index (χ3n) is 7.78. The van der Waals surface area contributed by atoms with E-state index in [-0.39, 0.29) is 47.2 Å². The van der Waals surface area contributed by atoms with Crippen molar-refractivity contribution in [2.45, 2.75) is 56.3 Å². The Bertz CT molecular complexity index is 1450. The lowest BCUT2D eigenvalue weighted by Crippen LogP contribution is -2.39. The number of hydrogen-bond acceptors (Lipinski definition) is 5. The molecule has 0 unspecified atom stereocenters. The minimum absolute atomic E-state index is 0.0360. The average Bonchev–Trinajstić information content (AvgIpc) is 3.59. The first-order chi connectivity index (χ1) is 19.5. The second-order valence-corrected chi connectivity index (χ2v) is 11.2. The number of aromatic nitrogens is 3. The van der Waals surface area contributed by atoms with Crippen LogP contribution in [0.5, 0.6) is 0 Å². The van der Waals surface area contributed by atoms with Gasteiger partial charge in [0.2, 0.25) is 0 Å². The fourth-order valence-corrected chi connectivity index (χ4v) is 6.21. The molecule has 2 aliphatic carbocycles. The Morgan fingerprint density at radius 2 is 1.63 bits per heavy atom. The quantitative estimate of drug-likeness (QED) is 0.301. The van der Waals surface area contributed by atoms with Crippen molar-refractivity contribution in [3.05, 3.63) is 81.4 Å². The average molecular weight is 609 g/mol. The van der Waals surface area contributed by atoms with Gasteiger partial charge in [0.15, 0.2) is 11.5 Å². The van der Waals surface area contributed by atoms with Crippen molar-refractivity contribution in [2.24, 2.45) is 5.92 Å². The van der Waals surface area contributed by atoms with Crippen LogP contribution in [0.2, 0.25) is 10.0 Å². The first-order valence-corrected chi connectivity index (χ1v) is 13.8. The molecule has 13 heteroatoms.